The van der Waals surface area contributed by atoms with Crippen molar-refractivity contribution in [2.24, 2.45) is 0 Å². The van der Waals surface area contributed by atoms with Crippen LogP contribution in [0.25, 0.3) is 0 Å². The van der Waals surface area contributed by atoms with E-state index in [1.807, 2.05) is 30.3 Å². The molecule has 0 radical (unpaired) electrons. The third kappa shape index (κ3) is 2.43. The molecule has 3 rings (SSSR count). The van der Waals surface area contributed by atoms with E-state index >= 15 is 0 Å². The van der Waals surface area contributed by atoms with Crippen LogP contribution in [0.1, 0.15) is 18.6 Å². The standard InChI is InChI=1S/C16H16O3S/c1-10-16(11-3-5-12(17)6-4-11)19-14-8-7-13(18-2)9-15(14)20-10/h3-10,16-17H,1-2H3/t10-,16+/m0/s1. The van der Waals surface area contributed by atoms with Gasteiger partial charge < -0.3 is 14.6 Å². The van der Waals surface area contributed by atoms with E-state index in [2.05, 4.69) is 6.92 Å². The zero-order valence-corrected chi connectivity index (χ0v) is 12.2. The molecule has 0 amide bonds. The summed E-state index contributed by atoms with van der Waals surface area (Å²) in [7, 11) is 1.67. The van der Waals surface area contributed by atoms with Crippen LogP contribution in [-0.4, -0.2) is 17.5 Å². The molecule has 4 heteroatoms. The minimum absolute atomic E-state index is 0.0125. The Balaban J connectivity index is 1.90. The van der Waals surface area contributed by atoms with Crippen molar-refractivity contribution >= 4 is 11.8 Å². The number of thioether (sulfide) groups is 1. The lowest BCUT2D eigenvalue weighted by Crippen LogP contribution is -2.22. The smallest absolute Gasteiger partial charge is 0.136 e. The third-order valence-corrected chi connectivity index (χ3v) is 4.56. The van der Waals surface area contributed by atoms with Gasteiger partial charge >= 0.3 is 0 Å². The molecule has 2 aromatic carbocycles. The van der Waals surface area contributed by atoms with Crippen LogP contribution in [0.15, 0.2) is 47.4 Å². The van der Waals surface area contributed by atoms with Gasteiger partial charge in [-0.25, -0.2) is 0 Å². The number of rotatable bonds is 2. The highest BCUT2D eigenvalue weighted by Crippen LogP contribution is 2.46. The molecule has 0 bridgehead atoms. The van der Waals surface area contributed by atoms with Crippen LogP contribution in [0.3, 0.4) is 0 Å². The number of fused-ring (bicyclic) bond motifs is 1. The molecule has 104 valence electrons. The van der Waals surface area contributed by atoms with Crippen LogP contribution in [0.5, 0.6) is 17.2 Å². The maximum absolute atomic E-state index is 9.38. The summed E-state index contributed by atoms with van der Waals surface area (Å²) in [6.45, 7) is 2.14. The fraction of sp³-hybridized carbons (Fsp3) is 0.250. The highest BCUT2D eigenvalue weighted by Gasteiger charge is 2.29. The van der Waals surface area contributed by atoms with Gasteiger partial charge in [-0.2, -0.15) is 0 Å². The van der Waals surface area contributed by atoms with Gasteiger partial charge in [-0.3, -0.25) is 0 Å². The van der Waals surface area contributed by atoms with Gasteiger partial charge in [0.1, 0.15) is 23.4 Å². The van der Waals surface area contributed by atoms with Gasteiger partial charge in [0.05, 0.1) is 12.0 Å². The summed E-state index contributed by atoms with van der Waals surface area (Å²) in [5.74, 6) is 2.00. The number of phenolic OH excluding ortho intramolecular Hbond substituents is 1. The van der Waals surface area contributed by atoms with Gasteiger partial charge in [-0.05, 0) is 42.8 Å². The molecule has 1 aliphatic heterocycles. The van der Waals surface area contributed by atoms with Gasteiger partial charge in [0, 0.05) is 5.25 Å². The third-order valence-electron chi connectivity index (χ3n) is 3.37. The molecule has 0 unspecified atom stereocenters. The second-order valence-corrected chi connectivity index (χ2v) is 6.18. The summed E-state index contributed by atoms with van der Waals surface area (Å²) in [5.41, 5.74) is 1.07. The Bertz CT molecular complexity index is 610. The van der Waals surface area contributed by atoms with Crippen molar-refractivity contribution in [3.63, 3.8) is 0 Å². The highest BCUT2D eigenvalue weighted by molar-refractivity contribution is 8.00. The zero-order valence-electron chi connectivity index (χ0n) is 11.4. The fourth-order valence-electron chi connectivity index (χ4n) is 2.30. The topological polar surface area (TPSA) is 38.7 Å². The van der Waals surface area contributed by atoms with E-state index in [4.69, 9.17) is 9.47 Å². The Morgan fingerprint density at radius 3 is 2.60 bits per heavy atom. The lowest BCUT2D eigenvalue weighted by Gasteiger charge is -2.31. The number of methoxy groups -OCH3 is 1. The van der Waals surface area contributed by atoms with E-state index in [0.29, 0.717) is 5.25 Å². The fourth-order valence-corrected chi connectivity index (χ4v) is 3.46. The first-order valence-corrected chi connectivity index (χ1v) is 7.35. The van der Waals surface area contributed by atoms with Crippen LogP contribution in [0.4, 0.5) is 0 Å². The van der Waals surface area contributed by atoms with Crippen LogP contribution in [-0.2, 0) is 0 Å². The SMILES string of the molecule is COc1ccc2c(c1)S[C@@H](C)[C@H](c1ccc(O)cc1)O2. The largest absolute Gasteiger partial charge is 0.508 e. The Labute approximate surface area is 122 Å². The average Bonchev–Trinajstić information content (AvgIpc) is 2.47. The molecular weight excluding hydrogens is 272 g/mol. The van der Waals surface area contributed by atoms with Gasteiger partial charge in [-0.15, -0.1) is 11.8 Å². The van der Waals surface area contributed by atoms with Crippen LogP contribution >= 0.6 is 11.8 Å². The monoisotopic (exact) mass is 288 g/mol. The molecule has 2 atom stereocenters. The molecule has 1 N–H and O–H groups in total. The minimum Gasteiger partial charge on any atom is -0.508 e. The van der Waals surface area contributed by atoms with Gasteiger partial charge in [0.15, 0.2) is 0 Å². The molecule has 0 saturated carbocycles. The molecular formula is C16H16O3S. The van der Waals surface area contributed by atoms with Crippen molar-refractivity contribution in [2.75, 3.05) is 7.11 Å². The molecule has 0 aliphatic carbocycles. The summed E-state index contributed by atoms with van der Waals surface area (Å²) < 4.78 is 11.4. The summed E-state index contributed by atoms with van der Waals surface area (Å²) in [6, 6.07) is 13.1. The van der Waals surface area contributed by atoms with Crippen molar-refractivity contribution in [3.8, 4) is 17.2 Å². The number of hydrogen-bond donors (Lipinski definition) is 1. The normalized spacial score (nSPS) is 20.9. The molecule has 0 saturated heterocycles. The summed E-state index contributed by atoms with van der Waals surface area (Å²) >= 11 is 1.78. The summed E-state index contributed by atoms with van der Waals surface area (Å²) in [4.78, 5) is 1.10. The quantitative estimate of drug-likeness (QED) is 0.906. The number of ether oxygens (including phenoxy) is 2. The molecule has 0 fully saturated rings. The highest BCUT2D eigenvalue weighted by atomic mass is 32.2. The predicted octanol–water partition coefficient (Wildman–Crippen LogP) is 4.02. The van der Waals surface area contributed by atoms with E-state index in [-0.39, 0.29) is 11.9 Å². The zero-order chi connectivity index (χ0) is 14.1. The van der Waals surface area contributed by atoms with E-state index in [9.17, 15) is 5.11 Å². The summed E-state index contributed by atoms with van der Waals surface area (Å²) in [6.07, 6.45) is -0.0125. The molecule has 1 heterocycles. The second kappa shape index (κ2) is 5.29. The van der Waals surface area contributed by atoms with E-state index in [0.717, 1.165) is 22.0 Å². The van der Waals surface area contributed by atoms with Crippen molar-refractivity contribution in [1.82, 2.24) is 0 Å². The first-order chi connectivity index (χ1) is 9.67. The Hall–Kier alpha value is -1.81. The molecule has 20 heavy (non-hydrogen) atoms. The molecule has 0 spiro atoms. The van der Waals surface area contributed by atoms with Gasteiger partial charge in [0.25, 0.3) is 0 Å². The van der Waals surface area contributed by atoms with Gasteiger partial charge in [-0.1, -0.05) is 12.1 Å². The molecule has 0 aromatic heterocycles. The Kier molecular flexibility index (Phi) is 3.49. The average molecular weight is 288 g/mol. The van der Waals surface area contributed by atoms with Crippen LogP contribution in [0, 0.1) is 0 Å². The lowest BCUT2D eigenvalue weighted by molar-refractivity contribution is 0.195. The van der Waals surface area contributed by atoms with Crippen LogP contribution in [0.2, 0.25) is 0 Å². The first kappa shape index (κ1) is 13.2. The molecule has 1 aliphatic rings. The predicted molar refractivity (Wildman–Crippen MR) is 79.8 cm³/mol. The Morgan fingerprint density at radius 1 is 1.15 bits per heavy atom. The number of benzene rings is 2. The maximum atomic E-state index is 9.38. The molecule has 2 aromatic rings. The van der Waals surface area contributed by atoms with Crippen LogP contribution < -0.4 is 9.47 Å². The number of hydrogen-bond acceptors (Lipinski definition) is 4. The Morgan fingerprint density at radius 2 is 1.90 bits per heavy atom. The van der Waals surface area contributed by atoms with E-state index < -0.39 is 0 Å². The molecule has 3 nitrogen and oxygen atoms in total. The van der Waals surface area contributed by atoms with Crippen molar-refractivity contribution in [2.45, 2.75) is 23.2 Å². The number of aromatic hydroxyl groups is 1. The van der Waals surface area contributed by atoms with E-state index in [1.165, 1.54) is 0 Å². The number of phenols is 1. The second-order valence-electron chi connectivity index (χ2n) is 4.77. The van der Waals surface area contributed by atoms with Gasteiger partial charge in [0.2, 0.25) is 0 Å². The van der Waals surface area contributed by atoms with E-state index in [1.54, 1.807) is 31.0 Å². The lowest BCUT2D eigenvalue weighted by atomic mass is 10.1. The minimum atomic E-state index is -0.0125. The van der Waals surface area contributed by atoms with Crippen molar-refractivity contribution in [1.29, 1.82) is 0 Å². The van der Waals surface area contributed by atoms with Crippen molar-refractivity contribution < 1.29 is 14.6 Å². The summed E-state index contributed by atoms with van der Waals surface area (Å²) in [5, 5.41) is 9.67. The van der Waals surface area contributed by atoms with Crippen molar-refractivity contribution in [3.05, 3.63) is 48.0 Å². The first-order valence-electron chi connectivity index (χ1n) is 6.47. The maximum Gasteiger partial charge on any atom is 0.136 e.